The molecule has 0 spiro atoms. The third kappa shape index (κ3) is 2.09. The van der Waals surface area contributed by atoms with E-state index in [1.807, 2.05) is 25.1 Å². The molecule has 1 aromatic carbocycles. The van der Waals surface area contributed by atoms with Gasteiger partial charge >= 0.3 is 0 Å². The van der Waals surface area contributed by atoms with Gasteiger partial charge in [-0.15, -0.1) is 10.2 Å². The van der Waals surface area contributed by atoms with E-state index < -0.39 is 0 Å². The molecule has 1 aromatic heterocycles. The monoisotopic (exact) mass is 349 g/mol. The zero-order chi connectivity index (χ0) is 11.0. The largest absolute Gasteiger partial charge is 0.269 e. The highest BCUT2D eigenvalue weighted by Gasteiger charge is 2.11. The Bertz CT molecular complexity index is 491. The fourth-order valence-electron chi connectivity index (χ4n) is 1.27. The van der Waals surface area contributed by atoms with Gasteiger partial charge in [-0.3, -0.25) is 4.57 Å². The zero-order valence-electron chi connectivity index (χ0n) is 7.71. The summed E-state index contributed by atoms with van der Waals surface area (Å²) in [6.45, 7) is 1.85. The molecule has 0 bridgehead atoms. The molecule has 0 aliphatic rings. The van der Waals surface area contributed by atoms with Crippen LogP contribution in [0.25, 0.3) is 5.69 Å². The van der Waals surface area contributed by atoms with Crippen LogP contribution in [0.3, 0.4) is 0 Å². The van der Waals surface area contributed by atoms with Crippen molar-refractivity contribution in [2.45, 2.75) is 6.92 Å². The van der Waals surface area contributed by atoms with Crippen molar-refractivity contribution in [3.8, 4) is 5.69 Å². The zero-order valence-corrected chi connectivity index (χ0v) is 11.6. The molecule has 2 rings (SSSR count). The van der Waals surface area contributed by atoms with Crippen LogP contribution in [0.5, 0.6) is 0 Å². The van der Waals surface area contributed by atoms with E-state index in [1.54, 1.807) is 4.57 Å². The molecule has 0 N–H and O–H groups in total. The highest BCUT2D eigenvalue weighted by atomic mass is 79.9. The van der Waals surface area contributed by atoms with Crippen molar-refractivity contribution < 1.29 is 0 Å². The van der Waals surface area contributed by atoms with Gasteiger partial charge in [-0.1, -0.05) is 15.9 Å². The molecular formula is C9H6Br2ClN3. The van der Waals surface area contributed by atoms with Gasteiger partial charge in [-0.2, -0.15) is 0 Å². The Balaban J connectivity index is 2.68. The van der Waals surface area contributed by atoms with Gasteiger partial charge in [0.15, 0.2) is 0 Å². The van der Waals surface area contributed by atoms with E-state index in [1.165, 1.54) is 0 Å². The van der Waals surface area contributed by atoms with Crippen LogP contribution in [-0.2, 0) is 0 Å². The lowest BCUT2D eigenvalue weighted by atomic mass is 10.3. The summed E-state index contributed by atoms with van der Waals surface area (Å²) in [6, 6.07) is 5.84. The van der Waals surface area contributed by atoms with Crippen molar-refractivity contribution in [2.24, 2.45) is 0 Å². The molecule has 0 unspecified atom stereocenters. The number of hydrogen-bond donors (Lipinski definition) is 0. The summed E-state index contributed by atoms with van der Waals surface area (Å²) in [5, 5.41) is 8.07. The van der Waals surface area contributed by atoms with E-state index in [2.05, 4.69) is 42.1 Å². The Kier molecular flexibility index (Phi) is 3.13. The molecule has 1 heterocycles. The fourth-order valence-corrected chi connectivity index (χ4v) is 2.29. The van der Waals surface area contributed by atoms with Crippen molar-refractivity contribution in [3.05, 3.63) is 38.3 Å². The van der Waals surface area contributed by atoms with Crippen LogP contribution < -0.4 is 0 Å². The average Bonchev–Trinajstić information content (AvgIpc) is 2.51. The minimum absolute atomic E-state index is 0.353. The Morgan fingerprint density at radius 3 is 2.60 bits per heavy atom. The Hall–Kier alpha value is -0.390. The van der Waals surface area contributed by atoms with Crippen molar-refractivity contribution >= 4 is 43.5 Å². The van der Waals surface area contributed by atoms with Gasteiger partial charge in [0.05, 0.1) is 5.69 Å². The first kappa shape index (κ1) is 11.1. The molecule has 0 saturated heterocycles. The minimum atomic E-state index is 0.353. The highest BCUT2D eigenvalue weighted by molar-refractivity contribution is 9.11. The van der Waals surface area contributed by atoms with Crippen LogP contribution in [0, 0.1) is 6.92 Å². The number of halogens is 3. The Morgan fingerprint density at radius 1 is 1.27 bits per heavy atom. The summed E-state index contributed by atoms with van der Waals surface area (Å²) in [7, 11) is 0. The van der Waals surface area contributed by atoms with Crippen LogP contribution in [0.2, 0.25) is 5.28 Å². The molecule has 0 aliphatic heterocycles. The number of rotatable bonds is 1. The lowest BCUT2D eigenvalue weighted by Gasteiger charge is -2.08. The lowest BCUT2D eigenvalue weighted by Crippen LogP contribution is -1.98. The van der Waals surface area contributed by atoms with Crippen molar-refractivity contribution in [2.75, 3.05) is 0 Å². The summed E-state index contributed by atoms with van der Waals surface area (Å²) >= 11 is 12.8. The Morgan fingerprint density at radius 2 is 2.00 bits per heavy atom. The summed E-state index contributed by atoms with van der Waals surface area (Å²) in [6.07, 6.45) is 0. The number of aryl methyl sites for hydroxylation is 1. The second-order valence-electron chi connectivity index (χ2n) is 2.95. The number of benzene rings is 1. The fraction of sp³-hybridized carbons (Fsp3) is 0.111. The van der Waals surface area contributed by atoms with Crippen LogP contribution in [0.1, 0.15) is 5.82 Å². The van der Waals surface area contributed by atoms with Gasteiger partial charge in [0, 0.05) is 8.95 Å². The van der Waals surface area contributed by atoms with E-state index in [0.717, 1.165) is 20.5 Å². The number of nitrogens with zero attached hydrogens (tertiary/aromatic N) is 3. The van der Waals surface area contributed by atoms with E-state index >= 15 is 0 Å². The molecule has 0 radical (unpaired) electrons. The first-order valence-corrected chi connectivity index (χ1v) is 6.09. The van der Waals surface area contributed by atoms with Crippen LogP contribution in [-0.4, -0.2) is 14.8 Å². The van der Waals surface area contributed by atoms with Crippen molar-refractivity contribution in [1.82, 2.24) is 14.8 Å². The first-order chi connectivity index (χ1) is 7.09. The van der Waals surface area contributed by atoms with Crippen LogP contribution in [0.15, 0.2) is 27.1 Å². The molecule has 3 nitrogen and oxygen atoms in total. The Labute approximate surface area is 109 Å². The normalized spacial score (nSPS) is 10.7. The predicted octanol–water partition coefficient (Wildman–Crippen LogP) is 3.75. The second-order valence-corrected chi connectivity index (χ2v) is 5.06. The summed E-state index contributed by atoms with van der Waals surface area (Å²) in [4.78, 5) is 0. The summed E-state index contributed by atoms with van der Waals surface area (Å²) in [5.41, 5.74) is 0.914. The summed E-state index contributed by atoms with van der Waals surface area (Å²) in [5.74, 6) is 0.749. The van der Waals surface area contributed by atoms with E-state index in [-0.39, 0.29) is 0 Å². The standard InChI is InChI=1S/C9H6Br2ClN3/c1-5-13-14-9(12)15(5)8-4-6(10)2-3-7(8)11/h2-4H,1H3. The van der Waals surface area contributed by atoms with Gasteiger partial charge in [0.1, 0.15) is 5.82 Å². The lowest BCUT2D eigenvalue weighted by molar-refractivity contribution is 0.964. The van der Waals surface area contributed by atoms with Gasteiger partial charge in [0.25, 0.3) is 0 Å². The van der Waals surface area contributed by atoms with E-state index in [0.29, 0.717) is 5.28 Å². The molecule has 6 heteroatoms. The van der Waals surface area contributed by atoms with E-state index in [9.17, 15) is 0 Å². The van der Waals surface area contributed by atoms with Gasteiger partial charge in [0.2, 0.25) is 5.28 Å². The maximum atomic E-state index is 5.96. The van der Waals surface area contributed by atoms with E-state index in [4.69, 9.17) is 11.6 Å². The number of hydrogen-bond acceptors (Lipinski definition) is 2. The average molecular weight is 351 g/mol. The van der Waals surface area contributed by atoms with Gasteiger partial charge in [-0.25, -0.2) is 0 Å². The molecule has 78 valence electrons. The summed E-state index contributed by atoms with van der Waals surface area (Å²) < 4.78 is 3.69. The molecule has 0 atom stereocenters. The molecule has 0 fully saturated rings. The number of aromatic nitrogens is 3. The molecule has 0 saturated carbocycles. The molecule has 2 aromatic rings. The third-order valence-electron chi connectivity index (χ3n) is 1.93. The topological polar surface area (TPSA) is 30.7 Å². The maximum Gasteiger partial charge on any atom is 0.229 e. The third-order valence-corrected chi connectivity index (χ3v) is 3.34. The SMILES string of the molecule is Cc1nnc(Cl)n1-c1cc(Br)ccc1Br. The molecule has 0 amide bonds. The van der Waals surface area contributed by atoms with Gasteiger partial charge < -0.3 is 0 Å². The van der Waals surface area contributed by atoms with Crippen LogP contribution >= 0.6 is 43.5 Å². The second kappa shape index (κ2) is 4.23. The smallest absolute Gasteiger partial charge is 0.229 e. The van der Waals surface area contributed by atoms with Crippen molar-refractivity contribution in [1.29, 1.82) is 0 Å². The predicted molar refractivity (Wildman–Crippen MR) is 66.5 cm³/mol. The quantitative estimate of drug-likeness (QED) is 0.783. The van der Waals surface area contributed by atoms with Gasteiger partial charge in [-0.05, 0) is 52.7 Å². The first-order valence-electron chi connectivity index (χ1n) is 4.12. The maximum absolute atomic E-state index is 5.96. The minimum Gasteiger partial charge on any atom is -0.269 e. The van der Waals surface area contributed by atoms with Crippen molar-refractivity contribution in [3.63, 3.8) is 0 Å². The molecule has 15 heavy (non-hydrogen) atoms. The van der Waals surface area contributed by atoms with Crippen LogP contribution in [0.4, 0.5) is 0 Å². The molecular weight excluding hydrogens is 345 g/mol. The molecule has 0 aliphatic carbocycles. The highest BCUT2D eigenvalue weighted by Crippen LogP contribution is 2.27.